The Morgan fingerprint density at radius 3 is 2.58 bits per heavy atom. The zero-order valence-electron chi connectivity index (χ0n) is 17.0. The fourth-order valence-electron chi connectivity index (χ4n) is 4.41. The molecule has 1 aliphatic rings. The van der Waals surface area contributed by atoms with Gasteiger partial charge in [-0.25, -0.2) is 9.97 Å². The topological polar surface area (TPSA) is 72.1 Å². The van der Waals surface area contributed by atoms with Gasteiger partial charge in [-0.05, 0) is 49.2 Å². The van der Waals surface area contributed by atoms with E-state index in [1.165, 1.54) is 0 Å². The van der Waals surface area contributed by atoms with Gasteiger partial charge in [0.05, 0.1) is 5.52 Å². The predicted octanol–water partition coefficient (Wildman–Crippen LogP) is 4.12. The molecule has 7 nitrogen and oxygen atoms in total. The summed E-state index contributed by atoms with van der Waals surface area (Å²) in [6.45, 7) is 1.83. The third-order valence-electron chi connectivity index (χ3n) is 6.00. The largest absolute Gasteiger partial charge is 0.356 e. The lowest BCUT2D eigenvalue weighted by Gasteiger charge is -2.32. The molecule has 152 valence electrons. The summed E-state index contributed by atoms with van der Waals surface area (Å²) in [5, 5.41) is 9.90. The number of benzene rings is 1. The molecule has 0 atom stereocenters. The second-order valence-corrected chi connectivity index (χ2v) is 7.88. The Hall–Kier alpha value is -3.87. The van der Waals surface area contributed by atoms with Gasteiger partial charge in [-0.15, -0.1) is 10.2 Å². The average molecular weight is 407 g/mol. The third-order valence-corrected chi connectivity index (χ3v) is 6.00. The maximum absolute atomic E-state index is 4.97. The molecule has 31 heavy (non-hydrogen) atoms. The Balaban J connectivity index is 1.33. The number of hydrogen-bond donors (Lipinski definition) is 0. The number of nitrogens with zero attached hydrogens (tertiary/aromatic N) is 7. The van der Waals surface area contributed by atoms with Gasteiger partial charge in [0.2, 0.25) is 0 Å². The van der Waals surface area contributed by atoms with Crippen LogP contribution in [0.2, 0.25) is 0 Å². The van der Waals surface area contributed by atoms with E-state index in [0.29, 0.717) is 11.7 Å². The van der Waals surface area contributed by atoms with Crippen molar-refractivity contribution in [2.45, 2.75) is 18.8 Å². The summed E-state index contributed by atoms with van der Waals surface area (Å²) in [4.78, 5) is 16.4. The van der Waals surface area contributed by atoms with E-state index in [1.54, 1.807) is 6.20 Å². The van der Waals surface area contributed by atoms with Crippen molar-refractivity contribution in [3.05, 3.63) is 79.0 Å². The summed E-state index contributed by atoms with van der Waals surface area (Å²) in [5.41, 5.74) is 2.79. The van der Waals surface area contributed by atoms with Gasteiger partial charge in [0.1, 0.15) is 11.6 Å². The number of rotatable bonds is 3. The van der Waals surface area contributed by atoms with E-state index in [0.717, 1.165) is 59.7 Å². The van der Waals surface area contributed by atoms with Gasteiger partial charge >= 0.3 is 0 Å². The van der Waals surface area contributed by atoms with Crippen LogP contribution in [0.5, 0.6) is 0 Å². The first kappa shape index (κ1) is 17.9. The van der Waals surface area contributed by atoms with Crippen LogP contribution in [-0.2, 0) is 0 Å². The van der Waals surface area contributed by atoms with Crippen LogP contribution in [0.4, 0.5) is 5.82 Å². The molecule has 1 aromatic carbocycles. The normalized spacial score (nSPS) is 15.0. The van der Waals surface area contributed by atoms with Gasteiger partial charge in [-0.1, -0.05) is 18.2 Å². The molecule has 0 unspecified atom stereocenters. The van der Waals surface area contributed by atoms with E-state index in [1.807, 2.05) is 48.7 Å². The highest BCUT2D eigenvalue weighted by atomic mass is 15.3. The summed E-state index contributed by atoms with van der Waals surface area (Å²) in [5.74, 6) is 3.15. The summed E-state index contributed by atoms with van der Waals surface area (Å²) in [7, 11) is 0. The molecular weight excluding hydrogens is 386 g/mol. The Morgan fingerprint density at radius 2 is 1.71 bits per heavy atom. The maximum Gasteiger partial charge on any atom is 0.163 e. The number of hydrogen-bond acceptors (Lipinski definition) is 6. The fraction of sp³-hybridized carbons (Fsp3) is 0.208. The van der Waals surface area contributed by atoms with Crippen LogP contribution in [0.25, 0.3) is 27.9 Å². The van der Waals surface area contributed by atoms with E-state index in [9.17, 15) is 0 Å². The van der Waals surface area contributed by atoms with Crippen molar-refractivity contribution in [1.82, 2.24) is 29.5 Å². The van der Waals surface area contributed by atoms with Crippen LogP contribution >= 0.6 is 0 Å². The number of anilines is 1. The second-order valence-electron chi connectivity index (χ2n) is 7.88. The second kappa shape index (κ2) is 7.43. The van der Waals surface area contributed by atoms with E-state index in [-0.39, 0.29) is 0 Å². The molecule has 5 heterocycles. The maximum atomic E-state index is 4.97. The lowest BCUT2D eigenvalue weighted by Crippen LogP contribution is -2.34. The molecule has 0 spiro atoms. The van der Waals surface area contributed by atoms with Crippen molar-refractivity contribution in [1.29, 1.82) is 0 Å². The van der Waals surface area contributed by atoms with Crippen molar-refractivity contribution in [3.8, 4) is 11.4 Å². The van der Waals surface area contributed by atoms with E-state index >= 15 is 0 Å². The van der Waals surface area contributed by atoms with Crippen molar-refractivity contribution < 1.29 is 0 Å². The number of pyridine rings is 2. The summed E-state index contributed by atoms with van der Waals surface area (Å²) < 4.78 is 2.11. The molecule has 1 saturated heterocycles. The molecule has 7 heteroatoms. The van der Waals surface area contributed by atoms with E-state index in [2.05, 4.69) is 42.8 Å². The minimum Gasteiger partial charge on any atom is -0.356 e. The van der Waals surface area contributed by atoms with Gasteiger partial charge in [-0.2, -0.15) is 0 Å². The predicted molar refractivity (Wildman–Crippen MR) is 120 cm³/mol. The Kier molecular flexibility index (Phi) is 4.30. The Morgan fingerprint density at radius 1 is 0.839 bits per heavy atom. The summed E-state index contributed by atoms with van der Waals surface area (Å²) in [6.07, 6.45) is 7.66. The zero-order valence-corrected chi connectivity index (χ0v) is 17.0. The van der Waals surface area contributed by atoms with Crippen LogP contribution in [0.3, 0.4) is 0 Å². The molecule has 0 radical (unpaired) electrons. The molecule has 0 N–H and O–H groups in total. The number of piperidine rings is 1. The molecule has 0 saturated carbocycles. The lowest BCUT2D eigenvalue weighted by molar-refractivity contribution is 0.481. The van der Waals surface area contributed by atoms with Crippen LogP contribution in [0.15, 0.2) is 73.2 Å². The molecule has 1 fully saturated rings. The quantitative estimate of drug-likeness (QED) is 0.448. The molecule has 0 bridgehead atoms. The van der Waals surface area contributed by atoms with E-state index in [4.69, 9.17) is 9.97 Å². The number of para-hydroxylation sites is 1. The zero-order chi connectivity index (χ0) is 20.6. The van der Waals surface area contributed by atoms with Crippen LogP contribution < -0.4 is 4.90 Å². The lowest BCUT2D eigenvalue weighted by atomic mass is 9.95. The van der Waals surface area contributed by atoms with E-state index < -0.39 is 0 Å². The monoisotopic (exact) mass is 407 g/mol. The molecule has 0 aliphatic carbocycles. The molecule has 1 aliphatic heterocycles. The first-order chi connectivity index (χ1) is 15.4. The SMILES string of the molecule is c1cncc(-c2nc(N3CCC(c4nnc5ccccn45)CC3)c3ccccc3n2)c1. The van der Waals surface area contributed by atoms with Gasteiger partial charge in [0, 0.05) is 48.5 Å². The number of aromatic nitrogens is 6. The minimum absolute atomic E-state index is 0.388. The van der Waals surface area contributed by atoms with Crippen molar-refractivity contribution in [3.63, 3.8) is 0 Å². The third kappa shape index (κ3) is 3.18. The highest BCUT2D eigenvalue weighted by Crippen LogP contribution is 2.33. The van der Waals surface area contributed by atoms with Crippen LogP contribution in [0.1, 0.15) is 24.6 Å². The molecular formula is C24H21N7. The van der Waals surface area contributed by atoms with Crippen molar-refractivity contribution in [2.24, 2.45) is 0 Å². The van der Waals surface area contributed by atoms with Gasteiger partial charge in [0.25, 0.3) is 0 Å². The first-order valence-corrected chi connectivity index (χ1v) is 10.6. The highest BCUT2D eigenvalue weighted by molar-refractivity contribution is 5.91. The Bertz CT molecular complexity index is 1350. The number of fused-ring (bicyclic) bond motifs is 2. The fourth-order valence-corrected chi connectivity index (χ4v) is 4.41. The summed E-state index contributed by atoms with van der Waals surface area (Å²) in [6, 6.07) is 18.2. The van der Waals surface area contributed by atoms with Crippen molar-refractivity contribution >= 4 is 22.4 Å². The molecule has 0 amide bonds. The summed E-state index contributed by atoms with van der Waals surface area (Å²) >= 11 is 0. The molecule has 6 rings (SSSR count). The average Bonchev–Trinajstić information content (AvgIpc) is 3.28. The van der Waals surface area contributed by atoms with Gasteiger partial charge in [-0.3, -0.25) is 9.38 Å². The molecule has 5 aromatic rings. The highest BCUT2D eigenvalue weighted by Gasteiger charge is 2.26. The minimum atomic E-state index is 0.388. The smallest absolute Gasteiger partial charge is 0.163 e. The first-order valence-electron chi connectivity index (χ1n) is 10.6. The van der Waals surface area contributed by atoms with Crippen molar-refractivity contribution in [2.75, 3.05) is 18.0 Å². The van der Waals surface area contributed by atoms with Crippen LogP contribution in [-0.4, -0.2) is 42.6 Å². The van der Waals surface area contributed by atoms with Gasteiger partial charge in [0.15, 0.2) is 11.5 Å². The van der Waals surface area contributed by atoms with Gasteiger partial charge < -0.3 is 4.90 Å². The molecule has 4 aromatic heterocycles. The van der Waals surface area contributed by atoms with Crippen LogP contribution in [0, 0.1) is 0 Å². The standard InChI is InChI=1S/C24H21N7/c1-2-8-20-19(7-1)24(27-22(26-20)18-6-5-12-25-16-18)30-14-10-17(11-15-30)23-29-28-21-9-3-4-13-31(21)23/h1-9,12-13,16-17H,10-11,14-15H2. The Labute approximate surface area is 179 Å².